The van der Waals surface area contributed by atoms with E-state index in [1.807, 2.05) is 0 Å². The molecule has 0 aromatic carbocycles. The molecule has 0 aliphatic carbocycles. The highest BCUT2D eigenvalue weighted by Crippen LogP contribution is 2.17. The van der Waals surface area contributed by atoms with E-state index >= 15 is 0 Å². The van der Waals surface area contributed by atoms with Crippen molar-refractivity contribution < 1.29 is 9.37 Å². The monoisotopic (exact) mass is 643 g/mol. The molecule has 268 valence electrons. The predicted molar refractivity (Wildman–Crippen MR) is 204 cm³/mol. The Morgan fingerprint density at radius 2 is 1.11 bits per heavy atom. The summed E-state index contributed by atoms with van der Waals surface area (Å²) in [6.07, 6.45) is 45.4. The van der Waals surface area contributed by atoms with Crippen LogP contribution in [0.5, 0.6) is 0 Å². The Kier molecular flexibility index (Phi) is 29.5. The van der Waals surface area contributed by atoms with Gasteiger partial charge in [-0.25, -0.2) is 0 Å². The van der Waals surface area contributed by atoms with Crippen molar-refractivity contribution in [3.05, 3.63) is 24.3 Å². The lowest BCUT2D eigenvalue weighted by Crippen LogP contribution is -2.39. The summed E-state index contributed by atoms with van der Waals surface area (Å²) in [5.41, 5.74) is 0. The minimum atomic E-state index is 0.228. The Labute approximate surface area is 288 Å². The molecule has 1 aliphatic rings. The van der Waals surface area contributed by atoms with Gasteiger partial charge in [0.1, 0.15) is 13.1 Å². The number of amidine groups is 1. The van der Waals surface area contributed by atoms with Crippen molar-refractivity contribution in [2.75, 3.05) is 13.1 Å². The summed E-state index contributed by atoms with van der Waals surface area (Å²) >= 11 is 0. The second-order valence-electron chi connectivity index (χ2n) is 14.4. The van der Waals surface area contributed by atoms with Crippen LogP contribution in [0.1, 0.15) is 207 Å². The number of carbonyl (C=O) groups is 1. The molecule has 2 atom stereocenters. The second kappa shape index (κ2) is 32.0. The number of hydrogen-bond acceptors (Lipinski definition) is 2. The topological polar surface area (TPSA) is 44.1 Å². The molecule has 0 radical (unpaired) electrons. The van der Waals surface area contributed by atoms with Crippen LogP contribution in [0.15, 0.2) is 24.3 Å². The summed E-state index contributed by atoms with van der Waals surface area (Å²) in [6.45, 7) is 11.1. The third-order valence-corrected chi connectivity index (χ3v) is 9.85. The van der Waals surface area contributed by atoms with Crippen LogP contribution < -0.4 is 10.6 Å². The molecule has 0 aromatic rings. The summed E-state index contributed by atoms with van der Waals surface area (Å²) in [4.78, 5) is 12.7. The van der Waals surface area contributed by atoms with Crippen molar-refractivity contribution in [3.63, 3.8) is 0 Å². The molecule has 46 heavy (non-hydrogen) atoms. The number of carbonyl (C=O) groups excluding carboxylic acids is 1. The molecule has 1 aliphatic heterocycles. The fourth-order valence-electron chi connectivity index (χ4n) is 6.93. The summed E-state index contributed by atoms with van der Waals surface area (Å²) < 4.78 is 2.57. The molecule has 0 aromatic heterocycles. The Hall–Kier alpha value is -1.58. The normalized spacial score (nSPS) is 14.9. The average molecular weight is 643 g/mol. The molecule has 0 fully saturated rings. The van der Waals surface area contributed by atoms with E-state index in [4.69, 9.17) is 0 Å². The fourth-order valence-corrected chi connectivity index (χ4v) is 6.93. The van der Waals surface area contributed by atoms with E-state index in [0.29, 0.717) is 12.5 Å². The zero-order chi connectivity index (χ0) is 33.3. The van der Waals surface area contributed by atoms with Crippen molar-refractivity contribution in [3.8, 4) is 0 Å². The lowest BCUT2D eigenvalue weighted by atomic mass is 9.99. The highest BCUT2D eigenvalue weighted by Gasteiger charge is 2.26. The molecule has 4 heteroatoms. The van der Waals surface area contributed by atoms with Gasteiger partial charge in [0, 0.05) is 25.8 Å². The lowest BCUT2D eigenvalue weighted by Gasteiger charge is -2.22. The number of allylic oxidation sites excluding steroid dienone is 4. The van der Waals surface area contributed by atoms with E-state index in [2.05, 4.69) is 67.2 Å². The molecule has 4 nitrogen and oxygen atoms in total. The molecule has 0 saturated heterocycles. The van der Waals surface area contributed by atoms with E-state index < -0.39 is 0 Å². The molecule has 1 amide bonds. The number of nitrogens with zero attached hydrogens (tertiary/aromatic N) is 1. The minimum absolute atomic E-state index is 0.228. The van der Waals surface area contributed by atoms with Gasteiger partial charge in [0.05, 0.1) is 6.04 Å². The highest BCUT2D eigenvalue weighted by molar-refractivity contribution is 5.76. The van der Waals surface area contributed by atoms with Gasteiger partial charge in [-0.1, -0.05) is 134 Å². The van der Waals surface area contributed by atoms with Gasteiger partial charge >= 0.3 is 0 Å². The fraction of sp³-hybridized carbons (Fsp3) is 0.857. The smallest absolute Gasteiger partial charge is 0.241 e. The zero-order valence-corrected chi connectivity index (χ0v) is 31.5. The van der Waals surface area contributed by atoms with Gasteiger partial charge in [-0.3, -0.25) is 14.7 Å². The molecule has 1 heterocycles. The standard InChI is InChI=1S/C42H79N3O/c1-5-7-9-11-13-15-17-19-21-23-25-27-29-31-33-35-42(46)44-39(3)38-41(45-37-36-43-40(45)4)34-32-30-28-26-24-22-20-18-16-14-12-10-8-6-2/h19-22,39,41H,5-18,23-38H2,1-4H3,(H,44,46)/p+1. The molecule has 0 bridgehead atoms. The van der Waals surface area contributed by atoms with E-state index in [1.54, 1.807) is 0 Å². The number of amides is 1. The van der Waals surface area contributed by atoms with Crippen LogP contribution in [0.2, 0.25) is 0 Å². The van der Waals surface area contributed by atoms with Gasteiger partial charge in [-0.15, -0.1) is 0 Å². The van der Waals surface area contributed by atoms with Gasteiger partial charge in [0.15, 0.2) is 0 Å². The molecular weight excluding hydrogens is 562 g/mol. The van der Waals surface area contributed by atoms with Crippen LogP contribution >= 0.6 is 0 Å². The summed E-state index contributed by atoms with van der Waals surface area (Å²) in [7, 11) is 0. The largest absolute Gasteiger partial charge is 0.353 e. The van der Waals surface area contributed by atoms with Gasteiger partial charge in [0.25, 0.3) is 0 Å². The third kappa shape index (κ3) is 25.5. The van der Waals surface area contributed by atoms with Crippen molar-refractivity contribution in [2.45, 2.75) is 220 Å². The Morgan fingerprint density at radius 3 is 1.57 bits per heavy atom. The maximum absolute atomic E-state index is 12.7. The maximum Gasteiger partial charge on any atom is 0.241 e. The predicted octanol–water partition coefficient (Wildman–Crippen LogP) is 12.0. The summed E-state index contributed by atoms with van der Waals surface area (Å²) in [6, 6.07) is 0.744. The van der Waals surface area contributed by atoms with Crippen molar-refractivity contribution in [2.24, 2.45) is 0 Å². The van der Waals surface area contributed by atoms with Crippen LogP contribution in [0.25, 0.3) is 0 Å². The first-order valence-electron chi connectivity index (χ1n) is 20.5. The zero-order valence-electron chi connectivity index (χ0n) is 31.5. The Morgan fingerprint density at radius 1 is 0.674 bits per heavy atom. The van der Waals surface area contributed by atoms with Crippen LogP contribution in [0.3, 0.4) is 0 Å². The summed E-state index contributed by atoms with van der Waals surface area (Å²) in [5, 5.41) is 6.87. The SMILES string of the molecule is CCCCCCCCC=CCCCCCCCC(=O)NC(C)CC(CCCCCCC=CCCCCCCCC)[N+]1=C(C)NCC1. The number of hydrogen-bond donors (Lipinski definition) is 2. The molecule has 0 saturated carbocycles. The van der Waals surface area contributed by atoms with Crippen LogP contribution in [0, 0.1) is 0 Å². The molecule has 0 spiro atoms. The first-order valence-corrected chi connectivity index (χ1v) is 20.5. The average Bonchev–Trinajstić information content (AvgIpc) is 3.48. The van der Waals surface area contributed by atoms with E-state index in [-0.39, 0.29) is 11.9 Å². The number of rotatable bonds is 33. The van der Waals surface area contributed by atoms with Crippen molar-refractivity contribution in [1.82, 2.24) is 10.6 Å². The number of unbranched alkanes of at least 4 members (excludes halogenated alkanes) is 21. The molecule has 1 rings (SSSR count). The number of nitrogens with one attached hydrogen (secondary N) is 2. The van der Waals surface area contributed by atoms with Gasteiger partial charge in [-0.05, 0) is 77.6 Å². The minimum Gasteiger partial charge on any atom is -0.353 e. The Bertz CT molecular complexity index is 786. The van der Waals surface area contributed by atoms with Crippen molar-refractivity contribution in [1.29, 1.82) is 0 Å². The second-order valence-corrected chi connectivity index (χ2v) is 14.4. The molecular formula is C42H80N3O+. The van der Waals surface area contributed by atoms with E-state index in [0.717, 1.165) is 25.9 Å². The first kappa shape index (κ1) is 42.4. The summed E-state index contributed by atoms with van der Waals surface area (Å²) in [5.74, 6) is 1.56. The van der Waals surface area contributed by atoms with E-state index in [9.17, 15) is 4.79 Å². The first-order chi connectivity index (χ1) is 22.6. The van der Waals surface area contributed by atoms with Gasteiger partial charge in [-0.2, -0.15) is 0 Å². The third-order valence-electron chi connectivity index (χ3n) is 9.85. The molecule has 2 N–H and O–H groups in total. The van der Waals surface area contributed by atoms with Gasteiger partial charge < -0.3 is 5.32 Å². The van der Waals surface area contributed by atoms with Crippen LogP contribution in [-0.4, -0.2) is 41.5 Å². The van der Waals surface area contributed by atoms with E-state index in [1.165, 1.54) is 166 Å². The molecule has 2 unspecified atom stereocenters. The quantitative estimate of drug-likeness (QED) is 0.0425. The van der Waals surface area contributed by atoms with Crippen LogP contribution in [-0.2, 0) is 4.79 Å². The lowest BCUT2D eigenvalue weighted by molar-refractivity contribution is -0.560. The van der Waals surface area contributed by atoms with Crippen molar-refractivity contribution >= 4 is 11.7 Å². The maximum atomic E-state index is 12.7. The Balaban J connectivity index is 2.12. The highest BCUT2D eigenvalue weighted by atomic mass is 16.1. The van der Waals surface area contributed by atoms with Crippen LogP contribution in [0.4, 0.5) is 0 Å². The van der Waals surface area contributed by atoms with Gasteiger partial charge in [0.2, 0.25) is 11.7 Å².